The Labute approximate surface area is 147 Å². The molecule has 1 fully saturated rings. The van der Waals surface area contributed by atoms with Gasteiger partial charge in [-0.3, -0.25) is 0 Å². The Kier molecular flexibility index (Phi) is 7.85. The molecule has 0 aliphatic carbocycles. The normalized spacial score (nSPS) is 27.9. The lowest BCUT2D eigenvalue weighted by Crippen LogP contribution is -2.43. The Hall–Kier alpha value is 1.37. The minimum Gasteiger partial charge on any atom is -0.138 e. The third kappa shape index (κ3) is 4.01. The number of thiocarbonyl (C=S) groups is 1. The van der Waals surface area contributed by atoms with Gasteiger partial charge in [0.15, 0.2) is 19.9 Å². The van der Waals surface area contributed by atoms with E-state index >= 15 is 0 Å². The second kappa shape index (κ2) is 8.86. The molecule has 0 aromatic heterocycles. The number of hydrogen-bond donors (Lipinski definition) is 1. The van der Waals surface area contributed by atoms with Crippen LogP contribution < -0.4 is 5.14 Å². The van der Waals surface area contributed by atoms with Gasteiger partial charge in [-0.15, -0.1) is 5.14 Å². The zero-order valence-electron chi connectivity index (χ0n) is 10.9. The quantitative estimate of drug-likeness (QED) is 0.369. The summed E-state index contributed by atoms with van der Waals surface area (Å²) < 4.78 is 0.858. The minimum absolute atomic E-state index is 0.178. The van der Waals surface area contributed by atoms with Crippen molar-refractivity contribution in [3.63, 3.8) is 0 Å². The summed E-state index contributed by atoms with van der Waals surface area (Å²) in [7, 11) is 8.45. The fourth-order valence-corrected chi connectivity index (χ4v) is 17.9. The molecule has 1 aliphatic heterocycles. The molecule has 8 heteroatoms. The Morgan fingerprint density at radius 3 is 2.65 bits per heavy atom. The molecule has 110 valence electrons. The van der Waals surface area contributed by atoms with Gasteiger partial charge in [0.1, 0.15) is 4.20 Å². The molecule has 2 atom stereocenters. The molecule has 0 saturated carbocycles. The van der Waals surface area contributed by atoms with Crippen molar-refractivity contribution < 1.29 is 0 Å². The van der Waals surface area contributed by atoms with Gasteiger partial charge in [-0.05, 0) is 27.0 Å². The summed E-state index contributed by atoms with van der Waals surface area (Å²) in [5, 5.41) is 6.59. The Morgan fingerprint density at radius 1 is 1.20 bits per heavy atom. The van der Waals surface area contributed by atoms with Crippen molar-refractivity contribution in [2.75, 3.05) is 0 Å². The number of unbranched alkanes of at least 4 members (excludes halogenated alkanes) is 1. The van der Waals surface area contributed by atoms with E-state index in [1.165, 1.54) is 12.0 Å². The number of benzene rings is 1. The number of nitrogens with two attached hydrogens (primary N) is 1. The molecule has 1 aromatic rings. The van der Waals surface area contributed by atoms with E-state index in [1.54, 1.807) is 50.1 Å². The van der Waals surface area contributed by atoms with E-state index < -0.39 is 0 Å². The van der Waals surface area contributed by atoms with E-state index in [-0.39, 0.29) is 14.9 Å². The van der Waals surface area contributed by atoms with Crippen molar-refractivity contribution in [2.45, 2.75) is 30.9 Å². The topological polar surface area (TPSA) is 26.0 Å². The highest BCUT2D eigenvalue weighted by Gasteiger charge is 2.54. The number of rotatable bonds is 4. The van der Waals surface area contributed by atoms with Gasteiger partial charge in [-0.1, -0.05) is 55.9 Å². The molecular weight excluding hydrogens is 383 g/mol. The molecular formula is C12H16NS7+. The second-order valence-corrected chi connectivity index (χ2v) is 15.4. The van der Waals surface area contributed by atoms with E-state index in [4.69, 9.17) is 17.4 Å². The van der Waals surface area contributed by atoms with Crippen molar-refractivity contribution in [2.24, 2.45) is 5.14 Å². The predicted octanol–water partition coefficient (Wildman–Crippen LogP) is 6.15. The van der Waals surface area contributed by atoms with Crippen LogP contribution >= 0.6 is 62.3 Å². The lowest BCUT2D eigenvalue weighted by Gasteiger charge is -2.30. The standard InChI is InChI=1S/C12H16NS7/c1-2-3-9-12(10-7-5-4-6-8-10)11(14)15-16-17-18-19-20(12)13/h4-8H,2-3,9,13H2,1H3/q+1. The molecule has 20 heavy (non-hydrogen) atoms. The van der Waals surface area contributed by atoms with Crippen LogP contribution in [0.3, 0.4) is 0 Å². The van der Waals surface area contributed by atoms with Crippen LogP contribution in [0.4, 0.5) is 0 Å². The average Bonchev–Trinajstić information content (AvgIpc) is 2.47. The first-order chi connectivity index (χ1) is 9.71. The van der Waals surface area contributed by atoms with Gasteiger partial charge < -0.3 is 0 Å². The molecule has 0 radical (unpaired) electrons. The smallest absolute Gasteiger partial charge is 0.138 e. The molecule has 1 heterocycles. The molecule has 2 N–H and O–H groups in total. The summed E-state index contributed by atoms with van der Waals surface area (Å²) in [6.45, 7) is 2.22. The van der Waals surface area contributed by atoms with Gasteiger partial charge in [0.2, 0.25) is 4.75 Å². The zero-order valence-corrected chi connectivity index (χ0v) is 16.7. The third-order valence-electron chi connectivity index (χ3n) is 3.06. The predicted molar refractivity (Wildman–Crippen MR) is 110 cm³/mol. The molecule has 2 unspecified atom stereocenters. The molecule has 1 nitrogen and oxygen atoms in total. The van der Waals surface area contributed by atoms with Gasteiger partial charge in [0, 0.05) is 31.6 Å². The van der Waals surface area contributed by atoms with E-state index in [0.29, 0.717) is 0 Å². The van der Waals surface area contributed by atoms with E-state index in [1.807, 2.05) is 0 Å². The SMILES string of the molecule is CCCCC1(c2ccccc2)C(=S)SSSSS[S+]1N. The summed E-state index contributed by atoms with van der Waals surface area (Å²) in [4.78, 5) is 0. The molecule has 1 saturated heterocycles. The van der Waals surface area contributed by atoms with Crippen LogP contribution in [0, 0.1) is 0 Å². The van der Waals surface area contributed by atoms with Crippen LogP contribution in [-0.2, 0) is 14.9 Å². The lowest BCUT2D eigenvalue weighted by atomic mass is 9.94. The molecule has 2 rings (SSSR count). The molecule has 0 spiro atoms. The van der Waals surface area contributed by atoms with Crippen LogP contribution in [-0.4, -0.2) is 4.20 Å². The van der Waals surface area contributed by atoms with E-state index in [2.05, 4.69) is 37.3 Å². The summed E-state index contributed by atoms with van der Waals surface area (Å²) in [5.41, 5.74) is 1.28. The maximum atomic E-state index is 6.59. The summed E-state index contributed by atoms with van der Waals surface area (Å²) in [5.74, 6) is 0. The lowest BCUT2D eigenvalue weighted by molar-refractivity contribution is 0.654. The highest BCUT2D eigenvalue weighted by Crippen LogP contribution is 2.59. The van der Waals surface area contributed by atoms with Gasteiger partial charge in [-0.25, -0.2) is 0 Å². The fourth-order valence-electron chi connectivity index (χ4n) is 2.02. The maximum absolute atomic E-state index is 6.59. The monoisotopic (exact) mass is 398 g/mol. The Bertz CT molecular complexity index is 441. The molecule has 1 aliphatic rings. The van der Waals surface area contributed by atoms with Crippen LogP contribution in [0.15, 0.2) is 30.3 Å². The van der Waals surface area contributed by atoms with Gasteiger partial charge in [0.05, 0.1) is 0 Å². The molecule has 1 aromatic carbocycles. The summed E-state index contributed by atoms with van der Waals surface area (Å²) >= 11 is 5.79. The van der Waals surface area contributed by atoms with Gasteiger partial charge in [-0.2, -0.15) is 0 Å². The van der Waals surface area contributed by atoms with Crippen LogP contribution in [0.2, 0.25) is 0 Å². The minimum atomic E-state index is -0.314. The first-order valence-corrected chi connectivity index (χ1v) is 14.5. The highest BCUT2D eigenvalue weighted by atomic mass is 33.9. The van der Waals surface area contributed by atoms with Crippen LogP contribution in [0.1, 0.15) is 31.7 Å². The summed E-state index contributed by atoms with van der Waals surface area (Å²) in [6.07, 6.45) is 3.36. The Balaban J connectivity index is 2.43. The van der Waals surface area contributed by atoms with Crippen molar-refractivity contribution in [3.8, 4) is 0 Å². The largest absolute Gasteiger partial charge is 0.226 e. The highest BCUT2D eigenvalue weighted by molar-refractivity contribution is 9.42. The van der Waals surface area contributed by atoms with Crippen molar-refractivity contribution in [3.05, 3.63) is 35.9 Å². The van der Waals surface area contributed by atoms with Gasteiger partial charge in [0.25, 0.3) is 0 Å². The zero-order chi connectivity index (χ0) is 14.4. The van der Waals surface area contributed by atoms with Crippen LogP contribution in [0.5, 0.6) is 0 Å². The molecule has 0 bridgehead atoms. The molecule has 0 amide bonds. The van der Waals surface area contributed by atoms with E-state index in [9.17, 15) is 0 Å². The van der Waals surface area contributed by atoms with E-state index in [0.717, 1.165) is 17.0 Å². The average molecular weight is 399 g/mol. The maximum Gasteiger partial charge on any atom is 0.226 e. The first-order valence-electron chi connectivity index (χ1n) is 6.15. The fraction of sp³-hybridized carbons (Fsp3) is 0.417. The summed E-state index contributed by atoms with van der Waals surface area (Å²) in [6, 6.07) is 10.6. The second-order valence-electron chi connectivity index (χ2n) is 4.24. The third-order valence-corrected chi connectivity index (χ3v) is 16.9. The Morgan fingerprint density at radius 2 is 1.95 bits per heavy atom. The number of hydrogen-bond acceptors (Lipinski definition) is 7. The van der Waals surface area contributed by atoms with Crippen molar-refractivity contribution in [1.29, 1.82) is 0 Å². The van der Waals surface area contributed by atoms with Crippen molar-refractivity contribution >= 4 is 76.6 Å². The van der Waals surface area contributed by atoms with Crippen molar-refractivity contribution in [1.82, 2.24) is 0 Å². The first kappa shape index (κ1) is 17.7. The van der Waals surface area contributed by atoms with Gasteiger partial charge >= 0.3 is 0 Å². The van der Waals surface area contributed by atoms with Crippen LogP contribution in [0.25, 0.3) is 0 Å².